The third-order valence-electron chi connectivity index (χ3n) is 3.76. The van der Waals surface area contributed by atoms with Crippen LogP contribution in [0.5, 0.6) is 0 Å². The van der Waals surface area contributed by atoms with Gasteiger partial charge in [0.15, 0.2) is 16.8 Å². The second-order valence-corrected chi connectivity index (χ2v) is 9.99. The molecule has 0 spiro atoms. The Morgan fingerprint density at radius 1 is 1.36 bits per heavy atom. The topological polar surface area (TPSA) is 100 Å². The monoisotopic (exact) mass is 447 g/mol. The minimum atomic E-state index is -3.26. The average molecular weight is 448 g/mol. The average Bonchev–Trinajstić information content (AvgIpc) is 2.99. The summed E-state index contributed by atoms with van der Waals surface area (Å²) in [6, 6.07) is 4.11. The molecule has 1 aromatic heterocycles. The largest absolute Gasteiger partial charge is 0.381 e. The molecule has 0 saturated carbocycles. The van der Waals surface area contributed by atoms with Crippen LogP contribution in [0.1, 0.15) is 16.1 Å². The number of thiazole rings is 1. The third-order valence-corrected chi connectivity index (χ3v) is 6.37. The number of rotatable bonds is 8. The number of hydrogen-bond donors (Lipinski definition) is 3. The van der Waals surface area contributed by atoms with Gasteiger partial charge < -0.3 is 15.4 Å². The normalized spacial score (nSPS) is 14.0. The number of fused-ring (bicyclic) bond motifs is 1. The lowest BCUT2D eigenvalue weighted by atomic mass is 10.2. The molecule has 0 bridgehead atoms. The van der Waals surface area contributed by atoms with Crippen LogP contribution in [0.4, 0.5) is 13.9 Å². The van der Waals surface area contributed by atoms with Crippen molar-refractivity contribution < 1.29 is 17.2 Å². The fourth-order valence-electron chi connectivity index (χ4n) is 2.54. The molecule has 0 aliphatic carbocycles. The maximum absolute atomic E-state index is 13.9. The van der Waals surface area contributed by atoms with Crippen LogP contribution in [0.3, 0.4) is 0 Å². The highest BCUT2D eigenvalue weighted by atomic mass is 32.2. The molecule has 2 heterocycles. The van der Waals surface area contributed by atoms with Crippen molar-refractivity contribution in [2.45, 2.75) is 12.3 Å². The smallest absolute Gasteiger partial charge is 0.208 e. The number of nitrogen functional groups attached to an aromatic ring is 1. The number of benzene rings is 1. The van der Waals surface area contributed by atoms with E-state index in [1.807, 2.05) is 10.5 Å². The van der Waals surface area contributed by atoms with Crippen LogP contribution < -0.4 is 15.8 Å². The van der Waals surface area contributed by atoms with Crippen molar-refractivity contribution in [3.63, 3.8) is 0 Å². The molecule has 7 nitrogen and oxygen atoms in total. The van der Waals surface area contributed by atoms with Gasteiger partial charge in [0, 0.05) is 30.6 Å². The maximum atomic E-state index is 13.9. The number of anilines is 1. The van der Waals surface area contributed by atoms with E-state index in [1.54, 1.807) is 6.07 Å². The highest BCUT2D eigenvalue weighted by Crippen LogP contribution is 2.34. The molecule has 0 radical (unpaired) electrons. The van der Waals surface area contributed by atoms with E-state index in [1.165, 1.54) is 29.4 Å². The van der Waals surface area contributed by atoms with Gasteiger partial charge in [-0.25, -0.2) is 26.9 Å². The van der Waals surface area contributed by atoms with Crippen molar-refractivity contribution >= 4 is 44.1 Å². The second kappa shape index (κ2) is 8.64. The van der Waals surface area contributed by atoms with E-state index in [0.717, 1.165) is 22.9 Å². The van der Waals surface area contributed by atoms with Gasteiger partial charge in [-0.2, -0.15) is 0 Å². The van der Waals surface area contributed by atoms with Gasteiger partial charge in [0.2, 0.25) is 10.0 Å². The van der Waals surface area contributed by atoms with E-state index in [2.05, 4.69) is 15.0 Å². The Kier molecular flexibility index (Phi) is 6.43. The fraction of sp³-hybridized carbons (Fsp3) is 0.312. The Morgan fingerprint density at radius 2 is 2.14 bits per heavy atom. The number of hydrogen-bond acceptors (Lipinski definition) is 8. The summed E-state index contributed by atoms with van der Waals surface area (Å²) in [5, 5.41) is 3.57. The number of sulfonamides is 1. The standard InChI is InChI=1S/C16H19F2N5O2S3/c1-28(24,25)21-6-5-20-12-7-23(8-13-15(12)22-16(19)27-13)26-9-10-3-2-4-11(17)14(10)18/h2-4,7,20-21H,5-6,8-9H2,1H3,(H2,19,22). The zero-order valence-electron chi connectivity index (χ0n) is 14.9. The molecule has 152 valence electrons. The molecule has 4 N–H and O–H groups in total. The fourth-order valence-corrected chi connectivity index (χ4v) is 4.87. The van der Waals surface area contributed by atoms with Crippen molar-refractivity contribution in [3.05, 3.63) is 52.2 Å². The molecule has 28 heavy (non-hydrogen) atoms. The van der Waals surface area contributed by atoms with Crippen LogP contribution in [0.25, 0.3) is 5.70 Å². The molecule has 1 aliphatic heterocycles. The Morgan fingerprint density at radius 3 is 2.89 bits per heavy atom. The lowest BCUT2D eigenvalue weighted by Crippen LogP contribution is -2.31. The first-order chi connectivity index (χ1) is 13.2. The number of nitrogens with two attached hydrogens (primary N) is 1. The van der Waals surface area contributed by atoms with Crippen LogP contribution in [0.15, 0.2) is 24.4 Å². The molecular weight excluding hydrogens is 428 g/mol. The van der Waals surface area contributed by atoms with Crippen LogP contribution in [-0.2, 0) is 22.3 Å². The molecule has 0 saturated heterocycles. The summed E-state index contributed by atoms with van der Waals surface area (Å²) >= 11 is 2.68. The van der Waals surface area contributed by atoms with E-state index in [-0.39, 0.29) is 17.9 Å². The summed E-state index contributed by atoms with van der Waals surface area (Å²) in [4.78, 5) is 5.26. The van der Waals surface area contributed by atoms with E-state index >= 15 is 0 Å². The predicted molar refractivity (Wildman–Crippen MR) is 109 cm³/mol. The van der Waals surface area contributed by atoms with Crippen molar-refractivity contribution in [2.75, 3.05) is 25.1 Å². The molecule has 0 unspecified atom stereocenters. The van der Waals surface area contributed by atoms with Gasteiger partial charge in [0.05, 0.1) is 23.4 Å². The minimum absolute atomic E-state index is 0.215. The highest BCUT2D eigenvalue weighted by Gasteiger charge is 2.22. The molecule has 2 aromatic rings. The van der Waals surface area contributed by atoms with Crippen LogP contribution >= 0.6 is 23.3 Å². The summed E-state index contributed by atoms with van der Waals surface area (Å²) in [6.45, 7) is 1.10. The zero-order valence-corrected chi connectivity index (χ0v) is 17.4. The first kappa shape index (κ1) is 20.8. The van der Waals surface area contributed by atoms with Crippen LogP contribution in [-0.4, -0.2) is 37.1 Å². The molecule has 0 atom stereocenters. The van der Waals surface area contributed by atoms with Gasteiger partial charge in [0.1, 0.15) is 5.69 Å². The Balaban J connectivity index is 1.69. The number of nitrogens with one attached hydrogen (secondary N) is 2. The molecule has 1 aromatic carbocycles. The summed E-state index contributed by atoms with van der Waals surface area (Å²) in [7, 11) is -3.26. The third kappa shape index (κ3) is 5.34. The summed E-state index contributed by atoms with van der Waals surface area (Å²) < 4.78 is 53.8. The van der Waals surface area contributed by atoms with Gasteiger partial charge in [-0.3, -0.25) is 0 Å². The van der Waals surface area contributed by atoms with Crippen molar-refractivity contribution in [1.29, 1.82) is 0 Å². The minimum Gasteiger partial charge on any atom is -0.381 e. The predicted octanol–water partition coefficient (Wildman–Crippen LogP) is 2.10. The summed E-state index contributed by atoms with van der Waals surface area (Å²) in [5.41, 5.74) is 7.51. The van der Waals surface area contributed by atoms with Gasteiger partial charge in [-0.05, 0) is 18.0 Å². The van der Waals surface area contributed by atoms with Gasteiger partial charge >= 0.3 is 0 Å². The van der Waals surface area contributed by atoms with Crippen molar-refractivity contribution in [3.8, 4) is 0 Å². The molecule has 1 aliphatic rings. The Hall–Kier alpha value is -1.89. The van der Waals surface area contributed by atoms with E-state index in [4.69, 9.17) is 5.73 Å². The molecule has 3 rings (SSSR count). The van der Waals surface area contributed by atoms with Crippen molar-refractivity contribution in [2.24, 2.45) is 0 Å². The maximum Gasteiger partial charge on any atom is 0.208 e. The lowest BCUT2D eigenvalue weighted by Gasteiger charge is -2.25. The molecule has 0 fully saturated rings. The van der Waals surface area contributed by atoms with Gasteiger partial charge in [-0.15, -0.1) is 0 Å². The number of nitrogens with zero attached hydrogens (tertiary/aromatic N) is 2. The highest BCUT2D eigenvalue weighted by molar-refractivity contribution is 7.96. The number of halogens is 2. The Bertz CT molecular complexity index is 994. The first-order valence-corrected chi connectivity index (χ1v) is 11.9. The van der Waals surface area contributed by atoms with Crippen LogP contribution in [0.2, 0.25) is 0 Å². The first-order valence-electron chi connectivity index (χ1n) is 8.21. The van der Waals surface area contributed by atoms with Gasteiger partial charge in [0.25, 0.3) is 0 Å². The molecule has 0 amide bonds. The van der Waals surface area contributed by atoms with E-state index in [0.29, 0.717) is 23.9 Å². The summed E-state index contributed by atoms with van der Waals surface area (Å²) in [5.74, 6) is -1.46. The zero-order chi connectivity index (χ0) is 20.3. The second-order valence-electron chi connectivity index (χ2n) is 6.02. The SMILES string of the molecule is CS(=O)(=O)NCCNC1=CN(SCc2cccc(F)c2F)Cc2sc(N)nc21. The quantitative estimate of drug-likeness (QED) is 0.421. The molecular formula is C16H19F2N5O2S3. The Labute approximate surface area is 170 Å². The van der Waals surface area contributed by atoms with Crippen molar-refractivity contribution in [1.82, 2.24) is 19.3 Å². The van der Waals surface area contributed by atoms with Gasteiger partial charge in [-0.1, -0.05) is 23.5 Å². The number of aromatic nitrogens is 1. The lowest BCUT2D eigenvalue weighted by molar-refractivity contribution is 0.502. The summed E-state index contributed by atoms with van der Waals surface area (Å²) in [6.07, 6.45) is 2.90. The molecule has 12 heteroatoms. The van der Waals surface area contributed by atoms with E-state index in [9.17, 15) is 17.2 Å². The van der Waals surface area contributed by atoms with Crippen LogP contribution in [0, 0.1) is 11.6 Å². The van der Waals surface area contributed by atoms with E-state index < -0.39 is 21.7 Å².